The topological polar surface area (TPSA) is 12.0 Å². The van der Waals surface area contributed by atoms with Gasteiger partial charge in [0.05, 0.1) is 0 Å². The Hall–Kier alpha value is -0.180. The first kappa shape index (κ1) is 14.2. The molecule has 1 saturated carbocycles. The number of hydrogen-bond acceptors (Lipinski definition) is 2. The number of benzene rings is 1. The van der Waals surface area contributed by atoms with E-state index in [1.165, 1.54) is 30.6 Å². The average Bonchev–Trinajstić information content (AvgIpc) is 2.77. The summed E-state index contributed by atoms with van der Waals surface area (Å²) < 4.78 is 0. The molecule has 0 amide bonds. The third-order valence-electron chi connectivity index (χ3n) is 3.64. The van der Waals surface area contributed by atoms with Gasteiger partial charge in [-0.05, 0) is 43.6 Å². The van der Waals surface area contributed by atoms with Gasteiger partial charge in [-0.1, -0.05) is 36.7 Å². The molecule has 0 aromatic heterocycles. The van der Waals surface area contributed by atoms with Gasteiger partial charge in [-0.25, -0.2) is 0 Å². The summed E-state index contributed by atoms with van der Waals surface area (Å²) in [7, 11) is 0. The van der Waals surface area contributed by atoms with Crippen molar-refractivity contribution < 1.29 is 0 Å². The highest BCUT2D eigenvalue weighted by molar-refractivity contribution is 7.99. The molecule has 18 heavy (non-hydrogen) atoms. The van der Waals surface area contributed by atoms with E-state index in [1.54, 1.807) is 0 Å². The minimum atomic E-state index is 0.342. The van der Waals surface area contributed by atoms with E-state index in [0.29, 0.717) is 12.1 Å². The van der Waals surface area contributed by atoms with Crippen molar-refractivity contribution in [2.75, 3.05) is 5.75 Å². The van der Waals surface area contributed by atoms with Crippen molar-refractivity contribution in [3.05, 3.63) is 34.9 Å². The molecule has 0 spiro atoms. The van der Waals surface area contributed by atoms with Crippen molar-refractivity contribution >= 4 is 23.4 Å². The van der Waals surface area contributed by atoms with Crippen molar-refractivity contribution in [2.24, 2.45) is 0 Å². The van der Waals surface area contributed by atoms with Crippen molar-refractivity contribution in [1.29, 1.82) is 0 Å². The van der Waals surface area contributed by atoms with Crippen molar-refractivity contribution in [1.82, 2.24) is 5.32 Å². The Labute approximate surface area is 120 Å². The van der Waals surface area contributed by atoms with Gasteiger partial charge in [0.2, 0.25) is 0 Å². The molecule has 0 radical (unpaired) electrons. The first-order valence-corrected chi connectivity index (χ1v) is 8.25. The summed E-state index contributed by atoms with van der Waals surface area (Å²) in [6.45, 7) is 4.46. The maximum absolute atomic E-state index is 6.24. The minimum Gasteiger partial charge on any atom is -0.307 e. The summed E-state index contributed by atoms with van der Waals surface area (Å²) in [5.41, 5.74) is 1.21. The second-order valence-corrected chi connectivity index (χ2v) is 6.98. The molecule has 1 aromatic carbocycles. The zero-order valence-electron chi connectivity index (χ0n) is 11.2. The van der Waals surface area contributed by atoms with Crippen molar-refractivity contribution in [3.8, 4) is 0 Å². The molecular weight excluding hydrogens is 262 g/mol. The molecule has 0 saturated heterocycles. The predicted octanol–water partition coefficient (Wildman–Crippen LogP) is 4.66. The lowest BCUT2D eigenvalue weighted by Gasteiger charge is -2.21. The van der Waals surface area contributed by atoms with Crippen LogP contribution in [-0.2, 0) is 0 Å². The molecule has 1 fully saturated rings. The van der Waals surface area contributed by atoms with Crippen LogP contribution in [-0.4, -0.2) is 17.0 Å². The molecule has 0 bridgehead atoms. The summed E-state index contributed by atoms with van der Waals surface area (Å²) in [5, 5.41) is 5.45. The fraction of sp³-hybridized carbons (Fsp3) is 0.600. The van der Waals surface area contributed by atoms with Gasteiger partial charge in [-0.15, -0.1) is 0 Å². The number of thioether (sulfide) groups is 1. The lowest BCUT2D eigenvalue weighted by molar-refractivity contribution is 0.462. The minimum absolute atomic E-state index is 0.342. The van der Waals surface area contributed by atoms with E-state index in [1.807, 2.05) is 12.1 Å². The normalized spacial score (nSPS) is 25.3. The van der Waals surface area contributed by atoms with E-state index in [2.05, 4.69) is 43.1 Å². The predicted molar refractivity (Wildman–Crippen MR) is 82.6 cm³/mol. The van der Waals surface area contributed by atoms with Gasteiger partial charge in [0, 0.05) is 22.4 Å². The highest BCUT2D eigenvalue weighted by Gasteiger charge is 2.25. The van der Waals surface area contributed by atoms with E-state index in [9.17, 15) is 0 Å². The summed E-state index contributed by atoms with van der Waals surface area (Å²) in [6, 6.07) is 9.13. The number of halogens is 1. The molecule has 3 unspecified atom stereocenters. The van der Waals surface area contributed by atoms with E-state index < -0.39 is 0 Å². The Morgan fingerprint density at radius 3 is 2.89 bits per heavy atom. The molecular formula is C15H22ClNS. The molecule has 3 heteroatoms. The summed E-state index contributed by atoms with van der Waals surface area (Å²) in [4.78, 5) is 0. The van der Waals surface area contributed by atoms with Gasteiger partial charge >= 0.3 is 0 Å². The Bertz CT molecular complexity index is 383. The van der Waals surface area contributed by atoms with Crippen LogP contribution in [0.4, 0.5) is 0 Å². The number of rotatable bonds is 5. The van der Waals surface area contributed by atoms with Gasteiger partial charge in [0.25, 0.3) is 0 Å². The zero-order chi connectivity index (χ0) is 13.0. The van der Waals surface area contributed by atoms with Crippen LogP contribution < -0.4 is 5.32 Å². The lowest BCUT2D eigenvalue weighted by atomic mass is 10.1. The first-order valence-electron chi connectivity index (χ1n) is 6.82. The molecule has 2 rings (SSSR count). The van der Waals surface area contributed by atoms with E-state index in [4.69, 9.17) is 11.6 Å². The van der Waals surface area contributed by atoms with Crippen LogP contribution in [0.5, 0.6) is 0 Å². The zero-order valence-corrected chi connectivity index (χ0v) is 12.7. The second kappa shape index (κ2) is 6.83. The highest BCUT2D eigenvalue weighted by atomic mass is 35.5. The number of hydrogen-bond donors (Lipinski definition) is 1. The Balaban J connectivity index is 1.89. The first-order chi connectivity index (χ1) is 8.70. The molecule has 1 N–H and O–H groups in total. The van der Waals surface area contributed by atoms with Gasteiger partial charge in [0.15, 0.2) is 0 Å². The van der Waals surface area contributed by atoms with Crippen molar-refractivity contribution in [3.63, 3.8) is 0 Å². The standard InChI is InChI=1S/C15H22ClNS/c1-3-18-13-9-8-12(10-13)17-11(2)14-6-4-5-7-15(14)16/h4-7,11-13,17H,3,8-10H2,1-2H3. The molecule has 3 atom stereocenters. The maximum Gasteiger partial charge on any atom is 0.0453 e. The molecule has 100 valence electrons. The average molecular weight is 284 g/mol. The Kier molecular flexibility index (Phi) is 5.40. The summed E-state index contributed by atoms with van der Waals surface area (Å²) in [5.74, 6) is 1.23. The highest BCUT2D eigenvalue weighted by Crippen LogP contribution is 2.31. The molecule has 0 aliphatic heterocycles. The van der Waals surface area contributed by atoms with Crippen LogP contribution in [0.3, 0.4) is 0 Å². The van der Waals surface area contributed by atoms with E-state index in [-0.39, 0.29) is 0 Å². The van der Waals surface area contributed by atoms with Crippen LogP contribution in [0.1, 0.15) is 44.7 Å². The SMILES string of the molecule is CCSC1CCC(NC(C)c2ccccc2Cl)C1. The van der Waals surface area contributed by atoms with Crippen LogP contribution in [0.15, 0.2) is 24.3 Å². The quantitative estimate of drug-likeness (QED) is 0.843. The maximum atomic E-state index is 6.24. The fourth-order valence-electron chi connectivity index (χ4n) is 2.75. The van der Waals surface area contributed by atoms with E-state index >= 15 is 0 Å². The van der Waals surface area contributed by atoms with Crippen LogP contribution >= 0.6 is 23.4 Å². The smallest absolute Gasteiger partial charge is 0.0453 e. The summed E-state index contributed by atoms with van der Waals surface area (Å²) in [6.07, 6.45) is 3.95. The lowest BCUT2D eigenvalue weighted by Crippen LogP contribution is -2.29. The second-order valence-electron chi connectivity index (χ2n) is 5.00. The van der Waals surface area contributed by atoms with Crippen LogP contribution in [0.2, 0.25) is 5.02 Å². The largest absolute Gasteiger partial charge is 0.307 e. The molecule has 1 aliphatic rings. The van der Waals surface area contributed by atoms with Crippen LogP contribution in [0.25, 0.3) is 0 Å². The number of nitrogens with one attached hydrogen (secondary N) is 1. The Morgan fingerprint density at radius 2 is 2.17 bits per heavy atom. The summed E-state index contributed by atoms with van der Waals surface area (Å²) >= 11 is 8.34. The third kappa shape index (κ3) is 3.66. The van der Waals surface area contributed by atoms with Crippen LogP contribution in [0, 0.1) is 0 Å². The molecule has 1 aromatic rings. The molecule has 1 nitrogen and oxygen atoms in total. The van der Waals surface area contributed by atoms with Gasteiger partial charge in [0.1, 0.15) is 0 Å². The van der Waals surface area contributed by atoms with Gasteiger partial charge in [-0.2, -0.15) is 11.8 Å². The molecule has 1 aliphatic carbocycles. The van der Waals surface area contributed by atoms with Crippen molar-refractivity contribution in [2.45, 2.75) is 50.4 Å². The van der Waals surface area contributed by atoms with Gasteiger partial charge in [-0.3, -0.25) is 0 Å². The Morgan fingerprint density at radius 1 is 1.39 bits per heavy atom. The van der Waals surface area contributed by atoms with Gasteiger partial charge < -0.3 is 5.32 Å². The monoisotopic (exact) mass is 283 g/mol. The fourth-order valence-corrected chi connectivity index (χ4v) is 4.19. The van der Waals surface area contributed by atoms with E-state index in [0.717, 1.165) is 10.3 Å². The third-order valence-corrected chi connectivity index (χ3v) is 5.22. The molecule has 0 heterocycles.